The summed E-state index contributed by atoms with van der Waals surface area (Å²) in [6, 6.07) is 2.47. The molecule has 10 heteroatoms. The van der Waals surface area contributed by atoms with E-state index in [2.05, 4.69) is 0 Å². The van der Waals surface area contributed by atoms with Gasteiger partial charge in [0.05, 0.1) is 19.1 Å². The van der Waals surface area contributed by atoms with E-state index in [9.17, 15) is 24.5 Å². The summed E-state index contributed by atoms with van der Waals surface area (Å²) in [4.78, 5) is 36.4. The van der Waals surface area contributed by atoms with E-state index in [4.69, 9.17) is 15.1 Å². The van der Waals surface area contributed by atoms with Gasteiger partial charge in [-0.1, -0.05) is 6.07 Å². The van der Waals surface area contributed by atoms with Gasteiger partial charge in [0, 0.05) is 6.42 Å². The van der Waals surface area contributed by atoms with Crippen LogP contribution in [0.25, 0.3) is 0 Å². The first kappa shape index (κ1) is 19.2. The molecule has 2 aliphatic rings. The third kappa shape index (κ3) is 4.06. The molecule has 1 atom stereocenters. The second-order valence-corrected chi connectivity index (χ2v) is 6.80. The van der Waals surface area contributed by atoms with Crippen molar-refractivity contribution < 1.29 is 33.9 Å². The maximum Gasteiger partial charge on any atom is 0.522 e. The highest BCUT2D eigenvalue weighted by Gasteiger charge is 2.35. The van der Waals surface area contributed by atoms with Gasteiger partial charge in [0.1, 0.15) is 28.9 Å². The van der Waals surface area contributed by atoms with Crippen LogP contribution in [0.15, 0.2) is 12.1 Å². The highest BCUT2D eigenvalue weighted by molar-refractivity contribution is 6.44. The maximum atomic E-state index is 12.0. The summed E-state index contributed by atoms with van der Waals surface area (Å²) in [5.41, 5.74) is 6.17. The topological polar surface area (TPSA) is 139 Å². The van der Waals surface area contributed by atoms with Gasteiger partial charge in [-0.05, 0) is 31.3 Å². The third-order valence-corrected chi connectivity index (χ3v) is 4.74. The number of aromatic carboxylic acids is 1. The number of hydrogen-bond donors (Lipinski definition) is 3. The molecule has 2 aliphatic heterocycles. The van der Waals surface area contributed by atoms with Crippen LogP contribution >= 0.6 is 0 Å². The summed E-state index contributed by atoms with van der Waals surface area (Å²) in [7, 11) is -1.05. The van der Waals surface area contributed by atoms with Crippen LogP contribution < -0.4 is 15.1 Å². The number of Topliss-reactive ketones (excluding diaryl/α,β-unsaturated/α-hetero) is 1. The number of aryl methyl sites for hydroxylation is 1. The molecule has 1 saturated heterocycles. The molecule has 0 unspecified atom stereocenters. The Kier molecular flexibility index (Phi) is 5.38. The van der Waals surface area contributed by atoms with Crippen molar-refractivity contribution in [2.24, 2.45) is 5.73 Å². The Bertz CT molecular complexity index is 779. The first-order valence-corrected chi connectivity index (χ1v) is 8.70. The van der Waals surface area contributed by atoms with Crippen LogP contribution in [0, 0.1) is 0 Å². The Morgan fingerprint density at radius 3 is 2.74 bits per heavy atom. The molecule has 1 amide bonds. The molecule has 1 aromatic carbocycles. The molecule has 0 bridgehead atoms. The Labute approximate surface area is 156 Å². The van der Waals surface area contributed by atoms with Crippen molar-refractivity contribution in [2.45, 2.75) is 38.2 Å². The van der Waals surface area contributed by atoms with Crippen molar-refractivity contribution in [1.82, 2.24) is 4.90 Å². The first-order chi connectivity index (χ1) is 12.8. The molecule has 0 aromatic heterocycles. The van der Waals surface area contributed by atoms with Crippen molar-refractivity contribution in [3.05, 3.63) is 23.3 Å². The lowest BCUT2D eigenvalue weighted by Crippen LogP contribution is -2.57. The van der Waals surface area contributed by atoms with Gasteiger partial charge in [0.2, 0.25) is 5.91 Å². The van der Waals surface area contributed by atoms with E-state index in [0.29, 0.717) is 18.3 Å². The van der Waals surface area contributed by atoms with Crippen molar-refractivity contribution in [1.29, 1.82) is 0 Å². The van der Waals surface area contributed by atoms with Crippen molar-refractivity contribution in [3.8, 4) is 11.5 Å². The van der Waals surface area contributed by atoms with E-state index in [-0.39, 0.29) is 54.4 Å². The zero-order chi connectivity index (χ0) is 19.7. The Hall–Kier alpha value is -2.59. The lowest BCUT2D eigenvalue weighted by atomic mass is 9.78. The summed E-state index contributed by atoms with van der Waals surface area (Å²) >= 11 is 0. The standard InChI is InChI=1S/C17H21BN2O7/c1-9(21)12(19)6-14(22)20-7-11(8-20)26-13-3-2-10-4-5-18(25)27-16(10)15(13)17(23)24/h2-3,11-12,25H,4-8,19H2,1H3,(H,23,24)/t12-/m0/s1. The molecule has 9 nitrogen and oxygen atoms in total. The third-order valence-electron chi connectivity index (χ3n) is 4.74. The average Bonchev–Trinajstić information content (AvgIpc) is 2.56. The van der Waals surface area contributed by atoms with Crippen LogP contribution in [0.3, 0.4) is 0 Å². The van der Waals surface area contributed by atoms with Gasteiger partial charge in [-0.25, -0.2) is 4.79 Å². The minimum Gasteiger partial charge on any atom is -0.535 e. The molecule has 3 rings (SSSR count). The number of carboxylic acids is 1. The number of carboxylic acid groups (broad SMARTS) is 1. The molecule has 144 valence electrons. The fourth-order valence-electron chi connectivity index (χ4n) is 3.07. The average molecular weight is 376 g/mol. The van der Waals surface area contributed by atoms with E-state index >= 15 is 0 Å². The quantitative estimate of drug-likeness (QED) is 0.575. The molecule has 4 N–H and O–H groups in total. The molecule has 27 heavy (non-hydrogen) atoms. The summed E-state index contributed by atoms with van der Waals surface area (Å²) in [6.07, 6.45) is 0.479. The molecule has 0 aliphatic carbocycles. The zero-order valence-corrected chi connectivity index (χ0v) is 14.9. The van der Waals surface area contributed by atoms with E-state index in [1.54, 1.807) is 12.1 Å². The van der Waals surface area contributed by atoms with Gasteiger partial charge < -0.3 is 30.2 Å². The van der Waals surface area contributed by atoms with E-state index in [1.165, 1.54) is 11.8 Å². The number of nitrogens with two attached hydrogens (primary N) is 1. The second-order valence-electron chi connectivity index (χ2n) is 6.80. The number of ether oxygens (including phenoxy) is 1. The number of rotatable bonds is 6. The summed E-state index contributed by atoms with van der Waals surface area (Å²) in [6.45, 7) is 1.90. The smallest absolute Gasteiger partial charge is 0.522 e. The number of benzene rings is 1. The number of carbonyl (C=O) groups excluding carboxylic acids is 2. The maximum absolute atomic E-state index is 12.0. The molecule has 1 aromatic rings. The van der Waals surface area contributed by atoms with Crippen LogP contribution in [0.2, 0.25) is 6.32 Å². The number of amides is 1. The van der Waals surface area contributed by atoms with Crippen molar-refractivity contribution in [2.75, 3.05) is 13.1 Å². The minimum absolute atomic E-state index is 0.0625. The predicted molar refractivity (Wildman–Crippen MR) is 94.8 cm³/mol. The fourth-order valence-corrected chi connectivity index (χ4v) is 3.07. The predicted octanol–water partition coefficient (Wildman–Crippen LogP) is -0.304. The van der Waals surface area contributed by atoms with Gasteiger partial charge in [-0.15, -0.1) is 0 Å². The van der Waals surface area contributed by atoms with Crippen LogP contribution in [-0.4, -0.2) is 65.0 Å². The molecule has 0 radical (unpaired) electrons. The Morgan fingerprint density at radius 1 is 1.41 bits per heavy atom. The highest BCUT2D eigenvalue weighted by atomic mass is 16.5. The second kappa shape index (κ2) is 7.57. The van der Waals surface area contributed by atoms with E-state index < -0.39 is 19.1 Å². The van der Waals surface area contributed by atoms with Gasteiger partial charge in [0.25, 0.3) is 0 Å². The highest BCUT2D eigenvalue weighted by Crippen LogP contribution is 2.37. The van der Waals surface area contributed by atoms with Gasteiger partial charge in [0.15, 0.2) is 0 Å². The monoisotopic (exact) mass is 376 g/mol. The Morgan fingerprint density at radius 2 is 2.11 bits per heavy atom. The van der Waals surface area contributed by atoms with Gasteiger partial charge in [-0.3, -0.25) is 9.59 Å². The van der Waals surface area contributed by atoms with Gasteiger partial charge in [-0.2, -0.15) is 0 Å². The van der Waals surface area contributed by atoms with Crippen LogP contribution in [0.4, 0.5) is 0 Å². The largest absolute Gasteiger partial charge is 0.535 e. The van der Waals surface area contributed by atoms with E-state index in [1.807, 2.05) is 0 Å². The molecule has 0 saturated carbocycles. The van der Waals surface area contributed by atoms with Gasteiger partial charge >= 0.3 is 13.1 Å². The van der Waals surface area contributed by atoms with Crippen LogP contribution in [0.5, 0.6) is 11.5 Å². The zero-order valence-electron chi connectivity index (χ0n) is 14.9. The Balaban J connectivity index is 1.66. The SMILES string of the molecule is CC(=O)[C@@H](N)CC(=O)N1CC(Oc2ccc3c(c2C(=O)O)OB(O)CC3)C1. The van der Waals surface area contributed by atoms with Crippen LogP contribution in [-0.2, 0) is 16.0 Å². The lowest BCUT2D eigenvalue weighted by molar-refractivity contribution is -0.141. The number of nitrogens with zero attached hydrogens (tertiary/aromatic N) is 1. The molecular formula is C17H21BN2O7. The van der Waals surface area contributed by atoms with Crippen molar-refractivity contribution >= 4 is 24.8 Å². The van der Waals surface area contributed by atoms with Crippen molar-refractivity contribution in [3.63, 3.8) is 0 Å². The molecule has 1 fully saturated rings. The summed E-state index contributed by atoms with van der Waals surface area (Å²) in [5.74, 6) is -1.45. The molecule has 2 heterocycles. The molecular weight excluding hydrogens is 355 g/mol. The number of carbonyl (C=O) groups is 3. The van der Waals surface area contributed by atoms with E-state index in [0.717, 1.165) is 0 Å². The number of ketones is 1. The minimum atomic E-state index is -1.21. The number of likely N-dealkylation sites (tertiary alicyclic amines) is 1. The summed E-state index contributed by atoms with van der Waals surface area (Å²) < 4.78 is 11.1. The summed E-state index contributed by atoms with van der Waals surface area (Å²) in [5, 5.41) is 19.2. The molecule has 0 spiro atoms. The fraction of sp³-hybridized carbons (Fsp3) is 0.471. The number of hydrogen-bond acceptors (Lipinski definition) is 7. The normalized spacial score (nSPS) is 17.4. The van der Waals surface area contributed by atoms with Crippen LogP contribution in [0.1, 0.15) is 29.3 Å². The lowest BCUT2D eigenvalue weighted by Gasteiger charge is -2.39. The first-order valence-electron chi connectivity index (χ1n) is 8.70. The number of fused-ring (bicyclic) bond motifs is 1.